The first-order valence-electron chi connectivity index (χ1n) is 14.4. The summed E-state index contributed by atoms with van der Waals surface area (Å²) >= 11 is 1.55. The molecule has 2 aliphatic carbocycles. The first-order chi connectivity index (χ1) is 19.9. The van der Waals surface area contributed by atoms with Gasteiger partial charge in [-0.2, -0.15) is 10.2 Å². The zero-order chi connectivity index (χ0) is 28.3. The van der Waals surface area contributed by atoms with E-state index in [1.165, 1.54) is 4.88 Å². The number of aromatic nitrogens is 5. The lowest BCUT2D eigenvalue weighted by atomic mass is 9.63. The molecule has 0 saturated carbocycles. The first kappa shape index (κ1) is 26.2. The van der Waals surface area contributed by atoms with Crippen LogP contribution in [0.5, 0.6) is 5.88 Å². The summed E-state index contributed by atoms with van der Waals surface area (Å²) in [7, 11) is 2.16. The van der Waals surface area contributed by atoms with Crippen LogP contribution < -0.4 is 10.5 Å². The predicted molar refractivity (Wildman–Crippen MR) is 155 cm³/mol. The molecule has 0 radical (unpaired) electrons. The molecule has 1 spiro atoms. The second-order valence-electron chi connectivity index (χ2n) is 11.9. The summed E-state index contributed by atoms with van der Waals surface area (Å²) < 4.78 is 14.6. The van der Waals surface area contributed by atoms with Gasteiger partial charge >= 0.3 is 0 Å². The Morgan fingerprint density at radius 2 is 2.10 bits per heavy atom. The summed E-state index contributed by atoms with van der Waals surface area (Å²) in [4.78, 5) is 17.6. The van der Waals surface area contributed by atoms with Crippen molar-refractivity contribution >= 4 is 16.3 Å². The second-order valence-corrected chi connectivity index (χ2v) is 13.0. The Balaban J connectivity index is 1.31. The van der Waals surface area contributed by atoms with E-state index in [2.05, 4.69) is 42.0 Å². The number of ether oxygens (including phenoxy) is 1. The molecule has 10 nitrogen and oxygen atoms in total. The Morgan fingerprint density at radius 1 is 1.27 bits per heavy atom. The van der Waals surface area contributed by atoms with Crippen LogP contribution >= 0.6 is 11.3 Å². The highest BCUT2D eigenvalue weighted by Gasteiger charge is 2.48. The number of fused-ring (bicyclic) bond motifs is 4. The van der Waals surface area contributed by atoms with Crippen LogP contribution in [0.15, 0.2) is 29.3 Å². The first-order valence-corrected chi connectivity index (χ1v) is 15.2. The number of anilines is 1. The molecule has 1 aliphatic heterocycles. The van der Waals surface area contributed by atoms with Gasteiger partial charge in [-0.1, -0.05) is 12.1 Å². The van der Waals surface area contributed by atoms with Gasteiger partial charge in [0.2, 0.25) is 5.88 Å². The van der Waals surface area contributed by atoms with E-state index in [0.717, 1.165) is 68.4 Å². The molecule has 2 N–H and O–H groups in total. The lowest BCUT2D eigenvalue weighted by Crippen LogP contribution is -2.38. The maximum atomic E-state index is 10.0. The molecule has 4 aromatic rings. The molecule has 5 heterocycles. The predicted octanol–water partition coefficient (Wildman–Crippen LogP) is 4.90. The summed E-state index contributed by atoms with van der Waals surface area (Å²) in [6.45, 7) is 5.45. The average Bonchev–Trinajstić information content (AvgIpc) is 3.75. The summed E-state index contributed by atoms with van der Waals surface area (Å²) in [6, 6.07) is 4.56. The fraction of sp³-hybridized carbons (Fsp3) is 0.500. The molecule has 1 saturated heterocycles. The number of nitrogens with zero attached hydrogens (tertiary/aromatic N) is 7. The van der Waals surface area contributed by atoms with E-state index in [0.29, 0.717) is 45.7 Å². The van der Waals surface area contributed by atoms with Crippen molar-refractivity contribution in [2.45, 2.75) is 76.4 Å². The van der Waals surface area contributed by atoms with Crippen LogP contribution in [0.4, 0.5) is 5.00 Å². The van der Waals surface area contributed by atoms with E-state index >= 15 is 0 Å². The lowest BCUT2D eigenvalue weighted by molar-refractivity contribution is 0.117. The van der Waals surface area contributed by atoms with E-state index in [1.807, 2.05) is 16.8 Å². The minimum atomic E-state index is -0.398. The van der Waals surface area contributed by atoms with Gasteiger partial charge in [-0.3, -0.25) is 9.47 Å². The van der Waals surface area contributed by atoms with Crippen molar-refractivity contribution in [3.8, 4) is 29.3 Å². The van der Waals surface area contributed by atoms with Gasteiger partial charge in [0, 0.05) is 41.5 Å². The molecule has 0 aromatic carbocycles. The normalized spacial score (nSPS) is 24.6. The zero-order valence-corrected chi connectivity index (χ0v) is 24.4. The average molecular weight is 571 g/mol. The number of likely N-dealkylation sites (N-methyl/N-ethyl adjacent to an activating group) is 1. The lowest BCUT2D eigenvalue weighted by Gasteiger charge is -2.39. The molecule has 3 aliphatic rings. The number of nitriles is 1. The molecule has 1 fully saturated rings. The number of nitrogen functional groups attached to an aromatic ring is 1. The maximum absolute atomic E-state index is 10.0. The van der Waals surface area contributed by atoms with Gasteiger partial charge in [0.15, 0.2) is 17.3 Å². The molecule has 11 heteroatoms. The van der Waals surface area contributed by atoms with Crippen molar-refractivity contribution in [3.63, 3.8) is 0 Å². The fourth-order valence-corrected chi connectivity index (χ4v) is 8.60. The highest BCUT2D eigenvalue weighted by Crippen LogP contribution is 2.55. The molecule has 0 unspecified atom stereocenters. The Hall–Kier alpha value is -3.75. The maximum Gasteiger partial charge on any atom is 0.219 e. The molecule has 4 atom stereocenters. The molecule has 0 amide bonds. The Bertz CT molecular complexity index is 1630. The highest BCUT2D eigenvalue weighted by atomic mass is 32.1. The van der Waals surface area contributed by atoms with E-state index in [-0.39, 0.29) is 6.10 Å². The van der Waals surface area contributed by atoms with Crippen LogP contribution in [0, 0.1) is 17.2 Å². The van der Waals surface area contributed by atoms with Crippen molar-refractivity contribution in [1.29, 1.82) is 5.26 Å². The van der Waals surface area contributed by atoms with Crippen LogP contribution in [0.1, 0.15) is 73.3 Å². The summed E-state index contributed by atoms with van der Waals surface area (Å²) in [5, 5.41) is 15.2. The highest BCUT2D eigenvalue weighted by molar-refractivity contribution is 7.16. The standard InChI is InChI=1S/C30H34N8O2S/c1-17-12-21(37(3)15-17)18(2)39-24-13-23(38-11-10-33-16-38)34-29(35-24)26-19-6-4-8-30(27(19)40-36-26)9-5-7-22-25(30)20(14-31)28(32)41-22/h10-11,13,16-18,21H,4-9,12,15,32H2,1-3H3/t17-,18+,21+,30+/m1/s1. The van der Waals surface area contributed by atoms with E-state index in [1.54, 1.807) is 23.9 Å². The van der Waals surface area contributed by atoms with Crippen molar-refractivity contribution in [2.24, 2.45) is 5.92 Å². The minimum Gasteiger partial charge on any atom is -0.473 e. The third kappa shape index (κ3) is 4.23. The van der Waals surface area contributed by atoms with E-state index in [4.69, 9.17) is 25.0 Å². The number of likely N-dealkylation sites (tertiary alicyclic amines) is 1. The van der Waals surface area contributed by atoms with Crippen LogP contribution in [0.3, 0.4) is 0 Å². The van der Waals surface area contributed by atoms with Gasteiger partial charge in [-0.15, -0.1) is 11.3 Å². The van der Waals surface area contributed by atoms with E-state index in [9.17, 15) is 5.26 Å². The van der Waals surface area contributed by atoms with Gasteiger partial charge in [0.05, 0.1) is 11.0 Å². The number of aryl methyl sites for hydroxylation is 1. The van der Waals surface area contributed by atoms with E-state index < -0.39 is 5.41 Å². The molecule has 7 rings (SSSR count). The third-order valence-corrected chi connectivity index (χ3v) is 10.3. The van der Waals surface area contributed by atoms with Crippen molar-refractivity contribution < 1.29 is 9.26 Å². The number of hydrogen-bond acceptors (Lipinski definition) is 10. The zero-order valence-electron chi connectivity index (χ0n) is 23.6. The molecule has 0 bridgehead atoms. The Labute approximate surface area is 243 Å². The number of rotatable bonds is 5. The van der Waals surface area contributed by atoms with Crippen LogP contribution in [-0.2, 0) is 18.3 Å². The SMILES string of the molecule is C[C@@H]1C[C@@H]([C@H](C)Oc2cc(-n3ccnc3)nc(-c3noc4c3CCC[C@@]43CCCc4sc(N)c(C#N)c43)n2)N(C)C1. The molecule has 41 heavy (non-hydrogen) atoms. The number of nitrogens with two attached hydrogens (primary N) is 1. The molecular formula is C30H34N8O2S. The monoisotopic (exact) mass is 570 g/mol. The summed E-state index contributed by atoms with van der Waals surface area (Å²) in [6.07, 6.45) is 11.9. The van der Waals surface area contributed by atoms with Crippen LogP contribution in [-0.4, -0.2) is 55.3 Å². The quantitative estimate of drug-likeness (QED) is 0.356. The van der Waals surface area contributed by atoms with Gasteiger partial charge in [0.25, 0.3) is 0 Å². The van der Waals surface area contributed by atoms with Crippen LogP contribution in [0.25, 0.3) is 17.3 Å². The van der Waals surface area contributed by atoms with Gasteiger partial charge < -0.3 is 15.0 Å². The Morgan fingerprint density at radius 3 is 2.83 bits per heavy atom. The Kier molecular flexibility index (Phi) is 6.36. The second kappa shape index (κ2) is 9.96. The van der Waals surface area contributed by atoms with Crippen molar-refractivity contribution in [3.05, 3.63) is 52.1 Å². The molecule has 212 valence electrons. The summed E-state index contributed by atoms with van der Waals surface area (Å²) in [5.74, 6) is 3.09. The number of thiophene rings is 1. The van der Waals surface area contributed by atoms with Gasteiger partial charge in [0.1, 0.15) is 29.3 Å². The van der Waals surface area contributed by atoms with Gasteiger partial charge in [-0.05, 0) is 70.4 Å². The third-order valence-electron chi connectivity index (χ3n) is 9.19. The van der Waals surface area contributed by atoms with Crippen molar-refractivity contribution in [1.82, 2.24) is 29.6 Å². The number of hydrogen-bond donors (Lipinski definition) is 1. The molecule has 4 aromatic heterocycles. The van der Waals surface area contributed by atoms with Crippen LogP contribution in [0.2, 0.25) is 0 Å². The summed E-state index contributed by atoms with van der Waals surface area (Å²) in [5.41, 5.74) is 9.24. The smallest absolute Gasteiger partial charge is 0.219 e. The number of imidazole rings is 1. The minimum absolute atomic E-state index is 0.0491. The molecular weight excluding hydrogens is 536 g/mol. The largest absolute Gasteiger partial charge is 0.473 e. The fourth-order valence-electron chi connectivity index (χ4n) is 7.44. The van der Waals surface area contributed by atoms with Gasteiger partial charge in [-0.25, -0.2) is 9.97 Å². The topological polar surface area (TPSA) is 132 Å². The van der Waals surface area contributed by atoms with Crippen molar-refractivity contribution in [2.75, 3.05) is 19.3 Å².